The first-order valence-electron chi connectivity index (χ1n) is 8.59. The second-order valence-corrected chi connectivity index (χ2v) is 5.80. The molecule has 27 heavy (non-hydrogen) atoms. The molecule has 1 rings (SSSR count). The molecule has 0 saturated heterocycles. The van der Waals surface area contributed by atoms with Gasteiger partial charge in [-0.3, -0.25) is 9.59 Å². The molecular weight excluding hydrogens is 354 g/mol. The van der Waals surface area contributed by atoms with Crippen LogP contribution in [-0.2, 0) is 46.4 Å². The summed E-state index contributed by atoms with van der Waals surface area (Å²) < 4.78 is 15.0. The minimum atomic E-state index is -1.98. The summed E-state index contributed by atoms with van der Waals surface area (Å²) in [5, 5.41) is 2.41. The summed E-state index contributed by atoms with van der Waals surface area (Å²) in [6.07, 6.45) is -0.141. The molecule has 0 radical (unpaired) electrons. The average Bonchev–Trinajstić information content (AvgIpc) is 2.60. The highest BCUT2D eigenvalue weighted by molar-refractivity contribution is 6.08. The van der Waals surface area contributed by atoms with Crippen molar-refractivity contribution in [2.75, 3.05) is 13.2 Å². The predicted molar refractivity (Wildman–Crippen MR) is 95.4 cm³/mol. The quantitative estimate of drug-likeness (QED) is 0.391. The minimum absolute atomic E-state index is 0.0426. The van der Waals surface area contributed by atoms with Crippen molar-refractivity contribution in [3.8, 4) is 0 Å². The third-order valence-corrected chi connectivity index (χ3v) is 3.57. The molecule has 1 aromatic carbocycles. The van der Waals surface area contributed by atoms with Crippen LogP contribution in [0.2, 0.25) is 0 Å². The standard InChI is InChI=1S/C19H25NO7/c1-5-25-17(23)19(20-13(3)21,18(24)26-6-2)11-15-7-9-16(10-8-15)12-27-14(4)22/h7-10H,5-6,11-12H2,1-4H3,(H,20,21). The third kappa shape index (κ3) is 6.40. The summed E-state index contributed by atoms with van der Waals surface area (Å²) in [5.74, 6) is -2.73. The van der Waals surface area contributed by atoms with Gasteiger partial charge >= 0.3 is 17.9 Å². The molecule has 0 fully saturated rings. The summed E-state index contributed by atoms with van der Waals surface area (Å²) >= 11 is 0. The topological polar surface area (TPSA) is 108 Å². The van der Waals surface area contributed by atoms with Crippen molar-refractivity contribution in [2.24, 2.45) is 0 Å². The molecule has 8 nitrogen and oxygen atoms in total. The molecule has 8 heteroatoms. The van der Waals surface area contributed by atoms with E-state index in [2.05, 4.69) is 5.32 Å². The van der Waals surface area contributed by atoms with Gasteiger partial charge in [-0.2, -0.15) is 0 Å². The molecule has 0 aliphatic heterocycles. The number of benzene rings is 1. The Balaban J connectivity index is 3.17. The zero-order chi connectivity index (χ0) is 20.4. The number of carbonyl (C=O) groups excluding carboxylic acids is 4. The molecule has 148 valence electrons. The van der Waals surface area contributed by atoms with Crippen molar-refractivity contribution in [2.45, 2.75) is 46.3 Å². The Morgan fingerprint density at radius 1 is 0.852 bits per heavy atom. The lowest BCUT2D eigenvalue weighted by Crippen LogP contribution is -2.62. The van der Waals surface area contributed by atoms with Crippen molar-refractivity contribution >= 4 is 23.8 Å². The van der Waals surface area contributed by atoms with Crippen LogP contribution in [0.15, 0.2) is 24.3 Å². The molecule has 0 spiro atoms. The molecule has 0 unspecified atom stereocenters. The lowest BCUT2D eigenvalue weighted by molar-refractivity contribution is -0.168. The predicted octanol–water partition coefficient (Wildman–Crippen LogP) is 1.29. The molecule has 1 amide bonds. The van der Waals surface area contributed by atoms with E-state index in [1.54, 1.807) is 38.1 Å². The maximum Gasteiger partial charge on any atom is 0.344 e. The zero-order valence-electron chi connectivity index (χ0n) is 16.0. The SMILES string of the molecule is CCOC(=O)C(Cc1ccc(COC(C)=O)cc1)(NC(C)=O)C(=O)OCC. The first-order chi connectivity index (χ1) is 12.7. The largest absolute Gasteiger partial charge is 0.464 e. The molecule has 0 atom stereocenters. The number of hydrogen-bond donors (Lipinski definition) is 1. The van der Waals surface area contributed by atoms with Crippen molar-refractivity contribution in [1.82, 2.24) is 5.32 Å². The van der Waals surface area contributed by atoms with Crippen LogP contribution in [0.25, 0.3) is 0 Å². The number of rotatable bonds is 9. The number of amides is 1. The van der Waals surface area contributed by atoms with E-state index in [-0.39, 0.29) is 26.2 Å². The van der Waals surface area contributed by atoms with Crippen molar-refractivity contribution in [3.63, 3.8) is 0 Å². The van der Waals surface area contributed by atoms with Gasteiger partial charge in [0.05, 0.1) is 13.2 Å². The van der Waals surface area contributed by atoms with E-state index in [0.717, 1.165) is 5.56 Å². The average molecular weight is 379 g/mol. The van der Waals surface area contributed by atoms with Gasteiger partial charge in [-0.15, -0.1) is 0 Å². The normalized spacial score (nSPS) is 10.7. The van der Waals surface area contributed by atoms with Crippen molar-refractivity contribution in [3.05, 3.63) is 35.4 Å². The van der Waals surface area contributed by atoms with Gasteiger partial charge < -0.3 is 19.5 Å². The number of esters is 3. The van der Waals surface area contributed by atoms with Crippen LogP contribution in [0, 0.1) is 0 Å². The molecule has 0 aliphatic rings. The van der Waals surface area contributed by atoms with Crippen molar-refractivity contribution in [1.29, 1.82) is 0 Å². The number of hydrogen-bond acceptors (Lipinski definition) is 7. The molecule has 0 bridgehead atoms. The maximum atomic E-state index is 12.6. The highest BCUT2D eigenvalue weighted by atomic mass is 16.6. The zero-order valence-corrected chi connectivity index (χ0v) is 16.0. The van der Waals surface area contributed by atoms with E-state index in [9.17, 15) is 19.2 Å². The smallest absolute Gasteiger partial charge is 0.344 e. The van der Waals surface area contributed by atoms with Gasteiger partial charge in [0.25, 0.3) is 0 Å². The van der Waals surface area contributed by atoms with Crippen LogP contribution in [0.5, 0.6) is 0 Å². The summed E-state index contributed by atoms with van der Waals surface area (Å²) in [6, 6.07) is 6.75. The molecule has 0 aromatic heterocycles. The van der Waals surface area contributed by atoms with Gasteiger partial charge in [-0.05, 0) is 25.0 Å². The van der Waals surface area contributed by atoms with E-state index in [4.69, 9.17) is 14.2 Å². The highest BCUT2D eigenvalue weighted by Crippen LogP contribution is 2.20. The Bertz CT molecular complexity index is 664. The molecule has 1 N–H and O–H groups in total. The fraction of sp³-hybridized carbons (Fsp3) is 0.474. The van der Waals surface area contributed by atoms with Gasteiger partial charge in [-0.25, -0.2) is 9.59 Å². The molecular formula is C19H25NO7. The Hall–Kier alpha value is -2.90. The molecule has 0 heterocycles. The third-order valence-electron chi connectivity index (χ3n) is 3.57. The Labute approximate surface area is 158 Å². The lowest BCUT2D eigenvalue weighted by Gasteiger charge is -2.29. The summed E-state index contributed by atoms with van der Waals surface area (Å²) in [7, 11) is 0. The first-order valence-corrected chi connectivity index (χ1v) is 8.59. The fourth-order valence-electron chi connectivity index (χ4n) is 2.43. The van der Waals surface area contributed by atoms with Crippen LogP contribution >= 0.6 is 0 Å². The Morgan fingerprint density at radius 3 is 1.74 bits per heavy atom. The van der Waals surface area contributed by atoms with Gasteiger partial charge in [0, 0.05) is 20.3 Å². The monoisotopic (exact) mass is 379 g/mol. The maximum absolute atomic E-state index is 12.6. The van der Waals surface area contributed by atoms with Crippen LogP contribution in [-0.4, -0.2) is 42.6 Å². The van der Waals surface area contributed by atoms with Crippen LogP contribution < -0.4 is 5.32 Å². The number of carbonyl (C=O) groups is 4. The van der Waals surface area contributed by atoms with Crippen LogP contribution in [0.4, 0.5) is 0 Å². The minimum Gasteiger partial charge on any atom is -0.464 e. The second-order valence-electron chi connectivity index (χ2n) is 5.80. The summed E-state index contributed by atoms with van der Waals surface area (Å²) in [5.41, 5.74) is -0.641. The van der Waals surface area contributed by atoms with Crippen molar-refractivity contribution < 1.29 is 33.4 Å². The van der Waals surface area contributed by atoms with Gasteiger partial charge in [0.1, 0.15) is 6.61 Å². The van der Waals surface area contributed by atoms with E-state index in [1.807, 2.05) is 0 Å². The van der Waals surface area contributed by atoms with E-state index in [1.165, 1.54) is 13.8 Å². The molecule has 0 aliphatic carbocycles. The molecule has 1 aromatic rings. The van der Waals surface area contributed by atoms with E-state index < -0.39 is 29.4 Å². The van der Waals surface area contributed by atoms with Crippen LogP contribution in [0.3, 0.4) is 0 Å². The van der Waals surface area contributed by atoms with E-state index >= 15 is 0 Å². The van der Waals surface area contributed by atoms with Gasteiger partial charge in [0.2, 0.25) is 11.4 Å². The second kappa shape index (κ2) is 10.3. The number of ether oxygens (including phenoxy) is 3. The Morgan fingerprint density at radius 2 is 1.33 bits per heavy atom. The van der Waals surface area contributed by atoms with Gasteiger partial charge in [0.15, 0.2) is 0 Å². The Kier molecular flexibility index (Phi) is 8.44. The van der Waals surface area contributed by atoms with Gasteiger partial charge in [-0.1, -0.05) is 24.3 Å². The lowest BCUT2D eigenvalue weighted by atomic mass is 9.90. The summed E-state index contributed by atoms with van der Waals surface area (Å²) in [4.78, 5) is 47.7. The molecule has 0 saturated carbocycles. The van der Waals surface area contributed by atoms with Crippen LogP contribution in [0.1, 0.15) is 38.8 Å². The van der Waals surface area contributed by atoms with E-state index in [0.29, 0.717) is 5.56 Å². The number of nitrogens with one attached hydrogen (secondary N) is 1. The summed E-state index contributed by atoms with van der Waals surface area (Å²) in [6.45, 7) is 5.92. The highest BCUT2D eigenvalue weighted by Gasteiger charge is 2.50. The fourth-order valence-corrected chi connectivity index (χ4v) is 2.43. The first kappa shape index (κ1) is 22.1.